The largest absolute Gasteiger partial charge is 0.445 e. The molecule has 0 heterocycles. The van der Waals surface area contributed by atoms with Gasteiger partial charge in [0.15, 0.2) is 0 Å². The lowest BCUT2D eigenvalue weighted by Crippen LogP contribution is -2.45. The molecular formula is C16H18N2O4S. The van der Waals surface area contributed by atoms with Crippen molar-refractivity contribution in [3.8, 4) is 0 Å². The summed E-state index contributed by atoms with van der Waals surface area (Å²) in [6.45, 7) is 1.63. The third-order valence-electron chi connectivity index (χ3n) is 2.93. The van der Waals surface area contributed by atoms with Crippen LogP contribution in [0.25, 0.3) is 0 Å². The van der Waals surface area contributed by atoms with Crippen LogP contribution in [-0.2, 0) is 21.4 Å². The van der Waals surface area contributed by atoms with Crippen molar-refractivity contribution in [1.82, 2.24) is 10.0 Å². The van der Waals surface area contributed by atoms with Gasteiger partial charge in [-0.25, -0.2) is 13.2 Å². The molecule has 2 N–H and O–H groups in total. The van der Waals surface area contributed by atoms with Gasteiger partial charge in [-0.1, -0.05) is 48.5 Å². The highest BCUT2D eigenvalue weighted by Gasteiger charge is 2.18. The molecule has 7 heteroatoms. The van der Waals surface area contributed by atoms with Gasteiger partial charge in [-0.15, -0.1) is 0 Å². The molecule has 2 aromatic rings. The van der Waals surface area contributed by atoms with Gasteiger partial charge < -0.3 is 10.1 Å². The van der Waals surface area contributed by atoms with Crippen LogP contribution in [0.15, 0.2) is 65.6 Å². The molecule has 0 aliphatic carbocycles. The Bertz CT molecular complexity index is 733. The van der Waals surface area contributed by atoms with E-state index in [9.17, 15) is 13.2 Å². The van der Waals surface area contributed by atoms with Crippen molar-refractivity contribution in [3.63, 3.8) is 0 Å². The average Bonchev–Trinajstić information content (AvgIpc) is 2.54. The number of amides is 1. The molecule has 0 spiro atoms. The number of hydrogen-bond acceptors (Lipinski definition) is 4. The first-order valence-corrected chi connectivity index (χ1v) is 8.50. The van der Waals surface area contributed by atoms with Crippen LogP contribution in [0.1, 0.15) is 12.5 Å². The van der Waals surface area contributed by atoms with Crippen molar-refractivity contribution in [1.29, 1.82) is 0 Å². The van der Waals surface area contributed by atoms with Crippen LogP contribution in [0.5, 0.6) is 0 Å². The van der Waals surface area contributed by atoms with E-state index in [4.69, 9.17) is 4.74 Å². The topological polar surface area (TPSA) is 84.5 Å². The van der Waals surface area contributed by atoms with Crippen molar-refractivity contribution in [2.45, 2.75) is 24.6 Å². The third-order valence-corrected chi connectivity index (χ3v) is 4.49. The lowest BCUT2D eigenvalue weighted by molar-refractivity contribution is 0.136. The molecule has 122 valence electrons. The van der Waals surface area contributed by atoms with Gasteiger partial charge in [0.2, 0.25) is 10.0 Å². The minimum Gasteiger partial charge on any atom is -0.445 e. The fourth-order valence-corrected chi connectivity index (χ4v) is 3.05. The molecule has 1 amide bonds. The first-order chi connectivity index (χ1) is 11.0. The molecule has 0 radical (unpaired) electrons. The van der Waals surface area contributed by atoms with Gasteiger partial charge in [0, 0.05) is 0 Å². The molecule has 0 bridgehead atoms. The molecule has 1 atom stereocenters. The Morgan fingerprint density at radius 2 is 1.61 bits per heavy atom. The quantitative estimate of drug-likeness (QED) is 0.794. The summed E-state index contributed by atoms with van der Waals surface area (Å²) in [4.78, 5) is 11.8. The van der Waals surface area contributed by atoms with E-state index in [-0.39, 0.29) is 11.5 Å². The minimum atomic E-state index is -3.69. The highest BCUT2D eigenvalue weighted by Crippen LogP contribution is 2.07. The van der Waals surface area contributed by atoms with E-state index in [2.05, 4.69) is 10.0 Å². The monoisotopic (exact) mass is 334 g/mol. The van der Waals surface area contributed by atoms with Crippen LogP contribution in [0.4, 0.5) is 4.79 Å². The Balaban J connectivity index is 1.84. The molecule has 0 fully saturated rings. The smallest absolute Gasteiger partial charge is 0.408 e. The van der Waals surface area contributed by atoms with Gasteiger partial charge in [0.05, 0.1) is 11.1 Å². The number of sulfonamides is 1. The number of carbonyl (C=O) groups excluding carboxylic acids is 1. The van der Waals surface area contributed by atoms with E-state index >= 15 is 0 Å². The second kappa shape index (κ2) is 7.75. The Kier molecular flexibility index (Phi) is 5.72. The predicted molar refractivity (Wildman–Crippen MR) is 86.0 cm³/mol. The first kappa shape index (κ1) is 17.0. The van der Waals surface area contributed by atoms with Crippen molar-refractivity contribution in [3.05, 3.63) is 66.2 Å². The zero-order chi connectivity index (χ0) is 16.7. The normalized spacial score (nSPS) is 12.4. The highest BCUT2D eigenvalue weighted by molar-refractivity contribution is 7.89. The van der Waals surface area contributed by atoms with Crippen LogP contribution >= 0.6 is 0 Å². The fraction of sp³-hybridized carbons (Fsp3) is 0.188. The summed E-state index contributed by atoms with van der Waals surface area (Å²) in [5.74, 6) is 0. The van der Waals surface area contributed by atoms with Crippen LogP contribution in [0.2, 0.25) is 0 Å². The zero-order valence-electron chi connectivity index (χ0n) is 12.6. The van der Waals surface area contributed by atoms with Crippen molar-refractivity contribution >= 4 is 16.1 Å². The molecule has 0 aromatic heterocycles. The Morgan fingerprint density at radius 3 is 2.22 bits per heavy atom. The standard InChI is InChI=1S/C16H18N2O4S/c1-13(18-23(20,21)15-10-6-3-7-11-15)17-16(19)22-12-14-8-4-2-5-9-14/h2-11,13,18H,12H2,1H3,(H,17,19). The van der Waals surface area contributed by atoms with Crippen LogP contribution in [0, 0.1) is 0 Å². The van der Waals surface area contributed by atoms with E-state index in [1.807, 2.05) is 30.3 Å². The number of rotatable bonds is 6. The van der Waals surface area contributed by atoms with Gasteiger partial charge in [0.1, 0.15) is 6.61 Å². The van der Waals surface area contributed by atoms with E-state index in [0.717, 1.165) is 5.56 Å². The number of benzene rings is 2. The van der Waals surface area contributed by atoms with Crippen LogP contribution in [0.3, 0.4) is 0 Å². The molecule has 2 rings (SSSR count). The summed E-state index contributed by atoms with van der Waals surface area (Å²) in [5.41, 5.74) is 0.847. The molecule has 0 aliphatic heterocycles. The molecule has 0 saturated heterocycles. The maximum Gasteiger partial charge on any atom is 0.408 e. The maximum absolute atomic E-state index is 12.1. The van der Waals surface area contributed by atoms with Crippen molar-refractivity contribution < 1.29 is 17.9 Å². The van der Waals surface area contributed by atoms with E-state index in [1.54, 1.807) is 18.2 Å². The second-order valence-electron chi connectivity index (χ2n) is 4.86. The maximum atomic E-state index is 12.1. The summed E-state index contributed by atoms with van der Waals surface area (Å²) in [6.07, 6.45) is -1.50. The number of alkyl carbamates (subject to hydrolysis) is 1. The summed E-state index contributed by atoms with van der Waals surface area (Å²) in [7, 11) is -3.69. The number of carbonyl (C=O) groups is 1. The van der Waals surface area contributed by atoms with Gasteiger partial charge in [-0.05, 0) is 24.6 Å². The van der Waals surface area contributed by atoms with Gasteiger partial charge in [-0.2, -0.15) is 4.72 Å². The predicted octanol–water partition coefficient (Wildman–Crippen LogP) is 2.24. The lowest BCUT2D eigenvalue weighted by atomic mass is 10.2. The Hall–Kier alpha value is -2.38. The van der Waals surface area contributed by atoms with Crippen LogP contribution < -0.4 is 10.0 Å². The SMILES string of the molecule is CC(NC(=O)OCc1ccccc1)NS(=O)(=O)c1ccccc1. The highest BCUT2D eigenvalue weighted by atomic mass is 32.2. The van der Waals surface area contributed by atoms with E-state index < -0.39 is 22.3 Å². The number of nitrogens with one attached hydrogen (secondary N) is 2. The number of hydrogen-bond donors (Lipinski definition) is 2. The van der Waals surface area contributed by atoms with Gasteiger partial charge in [-0.3, -0.25) is 0 Å². The van der Waals surface area contributed by atoms with E-state index in [1.165, 1.54) is 19.1 Å². The first-order valence-electron chi connectivity index (χ1n) is 7.02. The van der Waals surface area contributed by atoms with Crippen molar-refractivity contribution in [2.75, 3.05) is 0 Å². The van der Waals surface area contributed by atoms with Gasteiger partial charge in [0.25, 0.3) is 0 Å². The summed E-state index contributed by atoms with van der Waals surface area (Å²) in [5, 5.41) is 2.42. The Morgan fingerprint density at radius 1 is 1.04 bits per heavy atom. The fourth-order valence-electron chi connectivity index (χ4n) is 1.87. The van der Waals surface area contributed by atoms with Gasteiger partial charge >= 0.3 is 6.09 Å². The summed E-state index contributed by atoms with van der Waals surface area (Å²) >= 11 is 0. The molecular weight excluding hydrogens is 316 g/mol. The number of ether oxygens (including phenoxy) is 1. The summed E-state index contributed by atoms with van der Waals surface area (Å²) in [6, 6.07) is 17.1. The average molecular weight is 334 g/mol. The molecule has 6 nitrogen and oxygen atoms in total. The summed E-state index contributed by atoms with van der Waals surface area (Å²) < 4.78 is 31.6. The molecule has 0 aliphatic rings. The molecule has 23 heavy (non-hydrogen) atoms. The molecule has 2 aromatic carbocycles. The Labute approximate surface area is 135 Å². The third kappa shape index (κ3) is 5.39. The molecule has 0 saturated carbocycles. The zero-order valence-corrected chi connectivity index (χ0v) is 13.4. The minimum absolute atomic E-state index is 0.116. The van der Waals surface area contributed by atoms with Crippen molar-refractivity contribution in [2.24, 2.45) is 0 Å². The van der Waals surface area contributed by atoms with E-state index in [0.29, 0.717) is 0 Å². The molecule has 1 unspecified atom stereocenters. The lowest BCUT2D eigenvalue weighted by Gasteiger charge is -2.16. The van der Waals surface area contributed by atoms with Crippen LogP contribution in [-0.4, -0.2) is 20.7 Å². The second-order valence-corrected chi connectivity index (χ2v) is 6.58.